The first-order valence-corrected chi connectivity index (χ1v) is 5.51. The molecule has 0 fully saturated rings. The Morgan fingerprint density at radius 1 is 1.31 bits per heavy atom. The van der Waals surface area contributed by atoms with E-state index in [9.17, 15) is 4.79 Å². The highest BCUT2D eigenvalue weighted by Gasteiger charge is 2.22. The Balaban J connectivity index is 3.04. The average molecular weight is 222 g/mol. The van der Waals surface area contributed by atoms with Gasteiger partial charge < -0.3 is 9.47 Å². The molecule has 0 spiro atoms. The van der Waals surface area contributed by atoms with E-state index in [2.05, 4.69) is 0 Å². The number of carbonyl (C=O) groups is 1. The fourth-order valence-corrected chi connectivity index (χ4v) is 1.59. The van der Waals surface area contributed by atoms with Crippen molar-refractivity contribution in [1.82, 2.24) is 0 Å². The van der Waals surface area contributed by atoms with Crippen molar-refractivity contribution < 1.29 is 14.3 Å². The van der Waals surface area contributed by atoms with Gasteiger partial charge in [-0.15, -0.1) is 0 Å². The monoisotopic (exact) mass is 222 g/mol. The van der Waals surface area contributed by atoms with Crippen molar-refractivity contribution >= 4 is 5.78 Å². The molecule has 3 nitrogen and oxygen atoms in total. The highest BCUT2D eigenvalue weighted by molar-refractivity contribution is 5.84. The van der Waals surface area contributed by atoms with Gasteiger partial charge in [0.05, 0.1) is 7.11 Å². The lowest BCUT2D eigenvalue weighted by Crippen LogP contribution is -2.16. The van der Waals surface area contributed by atoms with Gasteiger partial charge in [0.2, 0.25) is 0 Å². The second kappa shape index (κ2) is 6.28. The highest BCUT2D eigenvalue weighted by atomic mass is 16.5. The van der Waals surface area contributed by atoms with E-state index < -0.39 is 6.10 Å². The predicted octanol–water partition coefficient (Wildman–Crippen LogP) is 2.75. The van der Waals surface area contributed by atoms with E-state index >= 15 is 0 Å². The number of benzene rings is 1. The fourth-order valence-electron chi connectivity index (χ4n) is 1.59. The number of Topliss-reactive ketones (excluding diaryl/α,β-unsaturated/α-hetero) is 1. The van der Waals surface area contributed by atoms with Gasteiger partial charge >= 0.3 is 0 Å². The van der Waals surface area contributed by atoms with Gasteiger partial charge in [-0.2, -0.15) is 0 Å². The van der Waals surface area contributed by atoms with Gasteiger partial charge in [-0.3, -0.25) is 4.79 Å². The maximum Gasteiger partial charge on any atom is 0.165 e. The van der Waals surface area contributed by atoms with E-state index in [-0.39, 0.29) is 5.78 Å². The Labute approximate surface area is 96.4 Å². The Morgan fingerprint density at radius 3 is 2.56 bits per heavy atom. The summed E-state index contributed by atoms with van der Waals surface area (Å²) in [4.78, 5) is 11.8. The summed E-state index contributed by atoms with van der Waals surface area (Å²) in [5.41, 5.74) is 0.804. The first-order valence-electron chi connectivity index (χ1n) is 5.51. The molecule has 16 heavy (non-hydrogen) atoms. The van der Waals surface area contributed by atoms with Crippen molar-refractivity contribution in [3.05, 3.63) is 29.8 Å². The Kier molecular flexibility index (Phi) is 4.99. The Hall–Kier alpha value is -1.35. The van der Waals surface area contributed by atoms with Gasteiger partial charge in [0.15, 0.2) is 5.78 Å². The number of ether oxygens (including phenoxy) is 2. The van der Waals surface area contributed by atoms with Gasteiger partial charge in [0.1, 0.15) is 11.9 Å². The minimum absolute atomic E-state index is 0.0753. The van der Waals surface area contributed by atoms with Crippen LogP contribution in [0.4, 0.5) is 0 Å². The van der Waals surface area contributed by atoms with Crippen LogP contribution >= 0.6 is 0 Å². The summed E-state index contributed by atoms with van der Waals surface area (Å²) in [5, 5.41) is 0. The lowest BCUT2D eigenvalue weighted by Gasteiger charge is -2.18. The lowest BCUT2D eigenvalue weighted by molar-refractivity contribution is -0.130. The molecule has 0 N–H and O–H groups in total. The van der Waals surface area contributed by atoms with Crippen LogP contribution < -0.4 is 4.74 Å². The molecule has 0 bridgehead atoms. The third-order valence-electron chi connectivity index (χ3n) is 2.40. The second-order valence-corrected chi connectivity index (χ2v) is 3.40. The molecule has 0 aliphatic carbocycles. The van der Waals surface area contributed by atoms with Crippen LogP contribution in [-0.4, -0.2) is 19.5 Å². The molecule has 88 valence electrons. The molecule has 0 saturated carbocycles. The third kappa shape index (κ3) is 2.83. The minimum atomic E-state index is -0.508. The molecule has 1 aromatic carbocycles. The number of hydrogen-bond donors (Lipinski definition) is 0. The molecule has 3 heteroatoms. The van der Waals surface area contributed by atoms with Crippen molar-refractivity contribution in [2.24, 2.45) is 0 Å². The minimum Gasteiger partial charge on any atom is -0.496 e. The summed E-state index contributed by atoms with van der Waals surface area (Å²) in [6, 6.07) is 7.46. The average Bonchev–Trinajstić information content (AvgIpc) is 2.35. The van der Waals surface area contributed by atoms with Crippen LogP contribution in [0.25, 0.3) is 0 Å². The SMILES string of the molecule is CCOC(C(=O)CC)c1ccccc1OC. The van der Waals surface area contributed by atoms with Crippen molar-refractivity contribution in [3.8, 4) is 5.75 Å². The number of carbonyl (C=O) groups excluding carboxylic acids is 1. The normalized spacial score (nSPS) is 12.2. The number of rotatable bonds is 6. The number of methoxy groups -OCH3 is 1. The van der Waals surface area contributed by atoms with Crippen LogP contribution in [0, 0.1) is 0 Å². The van der Waals surface area contributed by atoms with E-state index in [0.717, 1.165) is 5.56 Å². The first-order chi connectivity index (χ1) is 7.74. The second-order valence-electron chi connectivity index (χ2n) is 3.40. The van der Waals surface area contributed by atoms with Crippen LogP contribution in [0.1, 0.15) is 31.9 Å². The van der Waals surface area contributed by atoms with Gasteiger partial charge in [-0.05, 0) is 13.0 Å². The molecule has 0 amide bonds. The number of para-hydroxylation sites is 1. The number of ketones is 1. The van der Waals surface area contributed by atoms with Crippen molar-refractivity contribution in [3.63, 3.8) is 0 Å². The molecule has 0 heterocycles. The van der Waals surface area contributed by atoms with Crippen LogP contribution in [0.3, 0.4) is 0 Å². The van der Waals surface area contributed by atoms with E-state index in [1.807, 2.05) is 38.1 Å². The summed E-state index contributed by atoms with van der Waals surface area (Å²) in [6.45, 7) is 4.23. The highest BCUT2D eigenvalue weighted by Crippen LogP contribution is 2.28. The van der Waals surface area contributed by atoms with E-state index in [0.29, 0.717) is 18.8 Å². The van der Waals surface area contributed by atoms with Gasteiger partial charge in [0.25, 0.3) is 0 Å². The first kappa shape index (κ1) is 12.7. The van der Waals surface area contributed by atoms with Crippen LogP contribution in [-0.2, 0) is 9.53 Å². The molecular weight excluding hydrogens is 204 g/mol. The van der Waals surface area contributed by atoms with E-state index in [1.165, 1.54) is 0 Å². The summed E-state index contributed by atoms with van der Waals surface area (Å²) in [7, 11) is 1.60. The molecule has 0 aliphatic heterocycles. The van der Waals surface area contributed by atoms with Gasteiger partial charge in [-0.25, -0.2) is 0 Å². The Morgan fingerprint density at radius 2 is 2.00 bits per heavy atom. The molecule has 0 radical (unpaired) electrons. The molecule has 1 rings (SSSR count). The number of hydrogen-bond acceptors (Lipinski definition) is 3. The fraction of sp³-hybridized carbons (Fsp3) is 0.462. The molecule has 0 aromatic heterocycles. The summed E-state index contributed by atoms with van der Waals surface area (Å²) >= 11 is 0. The largest absolute Gasteiger partial charge is 0.496 e. The standard InChI is InChI=1S/C13H18O3/c1-4-11(14)13(16-5-2)10-8-6-7-9-12(10)15-3/h6-9,13H,4-5H2,1-3H3. The van der Waals surface area contributed by atoms with E-state index in [1.54, 1.807) is 7.11 Å². The van der Waals surface area contributed by atoms with E-state index in [4.69, 9.17) is 9.47 Å². The topological polar surface area (TPSA) is 35.5 Å². The summed E-state index contributed by atoms with van der Waals surface area (Å²) in [6.07, 6.45) is -0.0472. The molecule has 1 aromatic rings. The third-order valence-corrected chi connectivity index (χ3v) is 2.40. The van der Waals surface area contributed by atoms with Crippen LogP contribution in [0.5, 0.6) is 5.75 Å². The van der Waals surface area contributed by atoms with Crippen LogP contribution in [0.2, 0.25) is 0 Å². The zero-order valence-electron chi connectivity index (χ0n) is 10.0. The molecule has 0 aliphatic rings. The zero-order chi connectivity index (χ0) is 12.0. The van der Waals surface area contributed by atoms with Crippen LogP contribution in [0.15, 0.2) is 24.3 Å². The van der Waals surface area contributed by atoms with Gasteiger partial charge in [0, 0.05) is 18.6 Å². The maximum absolute atomic E-state index is 11.8. The quantitative estimate of drug-likeness (QED) is 0.742. The Bertz CT molecular complexity index is 347. The molecular formula is C13H18O3. The molecule has 1 unspecified atom stereocenters. The van der Waals surface area contributed by atoms with Crippen molar-refractivity contribution in [2.75, 3.05) is 13.7 Å². The smallest absolute Gasteiger partial charge is 0.165 e. The molecule has 1 atom stereocenters. The maximum atomic E-state index is 11.8. The predicted molar refractivity (Wildman–Crippen MR) is 62.7 cm³/mol. The zero-order valence-corrected chi connectivity index (χ0v) is 10.0. The van der Waals surface area contributed by atoms with Crippen molar-refractivity contribution in [2.45, 2.75) is 26.4 Å². The molecule has 0 saturated heterocycles. The van der Waals surface area contributed by atoms with Crippen molar-refractivity contribution in [1.29, 1.82) is 0 Å². The summed E-state index contributed by atoms with van der Waals surface area (Å²) < 4.78 is 10.7. The van der Waals surface area contributed by atoms with Gasteiger partial charge in [-0.1, -0.05) is 25.1 Å². The summed E-state index contributed by atoms with van der Waals surface area (Å²) in [5.74, 6) is 0.772. The lowest BCUT2D eigenvalue weighted by atomic mass is 10.0.